The Hall–Kier alpha value is -3.39. The van der Waals surface area contributed by atoms with Gasteiger partial charge in [-0.25, -0.2) is 9.97 Å². The third-order valence-corrected chi connectivity index (χ3v) is 4.27. The standard InChI is InChI=1S/C20H12ClF3N4O/c21-19-26-14(11-4-7-13(8-5-11)20(22,23)24)10-17(28-19)29-15-3-1-2-12-6-9-16(25)27-18(12)15/h1-10H,(H2,25,27). The van der Waals surface area contributed by atoms with E-state index in [4.69, 9.17) is 22.1 Å². The Labute approximate surface area is 168 Å². The first-order valence-corrected chi connectivity index (χ1v) is 8.73. The number of rotatable bonds is 3. The molecule has 0 unspecified atom stereocenters. The van der Waals surface area contributed by atoms with Gasteiger partial charge in [0.2, 0.25) is 11.2 Å². The molecule has 0 aliphatic rings. The van der Waals surface area contributed by atoms with Crippen LogP contribution in [0.15, 0.2) is 60.7 Å². The van der Waals surface area contributed by atoms with Crippen molar-refractivity contribution in [3.05, 3.63) is 71.5 Å². The van der Waals surface area contributed by atoms with Crippen LogP contribution in [-0.2, 0) is 6.18 Å². The zero-order chi connectivity index (χ0) is 20.6. The molecule has 4 aromatic rings. The van der Waals surface area contributed by atoms with E-state index in [1.54, 1.807) is 18.2 Å². The molecule has 9 heteroatoms. The first kappa shape index (κ1) is 18.9. The molecule has 0 saturated carbocycles. The van der Waals surface area contributed by atoms with E-state index in [-0.39, 0.29) is 11.2 Å². The number of nitrogens with two attached hydrogens (primary N) is 1. The number of pyridine rings is 1. The van der Waals surface area contributed by atoms with Gasteiger partial charge in [-0.15, -0.1) is 0 Å². The van der Waals surface area contributed by atoms with Crippen molar-refractivity contribution in [1.82, 2.24) is 15.0 Å². The van der Waals surface area contributed by atoms with E-state index in [1.807, 2.05) is 12.1 Å². The third kappa shape index (κ3) is 4.07. The summed E-state index contributed by atoms with van der Waals surface area (Å²) in [7, 11) is 0. The van der Waals surface area contributed by atoms with Gasteiger partial charge in [-0.3, -0.25) is 0 Å². The number of fused-ring (bicyclic) bond motifs is 1. The lowest BCUT2D eigenvalue weighted by atomic mass is 10.1. The summed E-state index contributed by atoms with van der Waals surface area (Å²) in [6, 6.07) is 14.9. The van der Waals surface area contributed by atoms with Crippen LogP contribution in [0, 0.1) is 0 Å². The highest BCUT2D eigenvalue weighted by Crippen LogP contribution is 2.33. The van der Waals surface area contributed by atoms with Crippen LogP contribution < -0.4 is 10.5 Å². The average Bonchev–Trinajstić information content (AvgIpc) is 2.67. The molecule has 29 heavy (non-hydrogen) atoms. The topological polar surface area (TPSA) is 73.9 Å². The summed E-state index contributed by atoms with van der Waals surface area (Å²) in [6.07, 6.45) is -4.42. The van der Waals surface area contributed by atoms with Gasteiger partial charge in [0.1, 0.15) is 11.3 Å². The third-order valence-electron chi connectivity index (χ3n) is 4.10. The van der Waals surface area contributed by atoms with Crippen molar-refractivity contribution < 1.29 is 17.9 Å². The van der Waals surface area contributed by atoms with E-state index in [9.17, 15) is 13.2 Å². The van der Waals surface area contributed by atoms with Crippen molar-refractivity contribution >= 4 is 28.3 Å². The van der Waals surface area contributed by atoms with Gasteiger partial charge in [0, 0.05) is 17.0 Å². The summed E-state index contributed by atoms with van der Waals surface area (Å²) in [5.74, 6) is 0.860. The van der Waals surface area contributed by atoms with Crippen LogP contribution in [0.4, 0.5) is 19.0 Å². The molecule has 0 atom stereocenters. The van der Waals surface area contributed by atoms with Gasteiger partial charge in [-0.05, 0) is 41.9 Å². The molecule has 2 N–H and O–H groups in total. The van der Waals surface area contributed by atoms with E-state index in [0.29, 0.717) is 28.3 Å². The summed E-state index contributed by atoms with van der Waals surface area (Å²) in [5, 5.41) is 0.713. The molecule has 0 spiro atoms. The van der Waals surface area contributed by atoms with Crippen LogP contribution in [0.3, 0.4) is 0 Å². The molecule has 2 heterocycles. The minimum atomic E-state index is -4.42. The van der Waals surface area contributed by atoms with Gasteiger partial charge in [-0.1, -0.05) is 24.3 Å². The first-order valence-electron chi connectivity index (χ1n) is 8.35. The summed E-state index contributed by atoms with van der Waals surface area (Å²) >= 11 is 6.00. The molecule has 0 saturated heterocycles. The fourth-order valence-corrected chi connectivity index (χ4v) is 2.93. The Morgan fingerprint density at radius 2 is 1.66 bits per heavy atom. The van der Waals surface area contributed by atoms with Crippen molar-refractivity contribution in [2.75, 3.05) is 5.73 Å². The number of para-hydroxylation sites is 1. The lowest BCUT2D eigenvalue weighted by molar-refractivity contribution is -0.137. The van der Waals surface area contributed by atoms with Crippen molar-refractivity contribution in [1.29, 1.82) is 0 Å². The molecule has 0 bridgehead atoms. The summed E-state index contributed by atoms with van der Waals surface area (Å²) < 4.78 is 44.1. The van der Waals surface area contributed by atoms with Crippen LogP contribution in [0.25, 0.3) is 22.2 Å². The van der Waals surface area contributed by atoms with Gasteiger partial charge < -0.3 is 10.5 Å². The molecule has 0 fully saturated rings. The Balaban J connectivity index is 1.70. The predicted molar refractivity (Wildman–Crippen MR) is 104 cm³/mol. The summed E-state index contributed by atoms with van der Waals surface area (Å²) in [4.78, 5) is 12.4. The predicted octanol–water partition coefficient (Wildman–Crippen LogP) is 5.74. The van der Waals surface area contributed by atoms with E-state index < -0.39 is 11.7 Å². The maximum Gasteiger partial charge on any atom is 0.416 e. The molecule has 0 aliphatic heterocycles. The lowest BCUT2D eigenvalue weighted by Gasteiger charge is -2.10. The second-order valence-electron chi connectivity index (χ2n) is 6.10. The highest BCUT2D eigenvalue weighted by molar-refractivity contribution is 6.28. The van der Waals surface area contributed by atoms with Crippen molar-refractivity contribution in [2.24, 2.45) is 0 Å². The summed E-state index contributed by atoms with van der Waals surface area (Å²) in [5.41, 5.74) is 6.31. The molecule has 2 aromatic heterocycles. The normalized spacial score (nSPS) is 11.6. The quantitative estimate of drug-likeness (QED) is 0.431. The minimum Gasteiger partial charge on any atom is -0.437 e. The number of hydrogen-bond acceptors (Lipinski definition) is 5. The van der Waals surface area contributed by atoms with Crippen molar-refractivity contribution in [3.8, 4) is 22.9 Å². The molecular weight excluding hydrogens is 405 g/mol. The number of nitrogen functional groups attached to an aromatic ring is 1. The van der Waals surface area contributed by atoms with E-state index in [0.717, 1.165) is 17.5 Å². The molecule has 0 radical (unpaired) electrons. The Morgan fingerprint density at radius 1 is 0.897 bits per heavy atom. The van der Waals surface area contributed by atoms with Crippen molar-refractivity contribution in [3.63, 3.8) is 0 Å². The van der Waals surface area contributed by atoms with E-state index in [2.05, 4.69) is 15.0 Å². The lowest BCUT2D eigenvalue weighted by Crippen LogP contribution is -2.04. The summed E-state index contributed by atoms with van der Waals surface area (Å²) in [6.45, 7) is 0. The number of aromatic nitrogens is 3. The maximum absolute atomic E-state index is 12.8. The zero-order valence-electron chi connectivity index (χ0n) is 14.6. The number of alkyl halides is 3. The number of ether oxygens (including phenoxy) is 1. The molecular formula is C20H12ClF3N4O. The van der Waals surface area contributed by atoms with Gasteiger partial charge in [-0.2, -0.15) is 18.2 Å². The largest absolute Gasteiger partial charge is 0.437 e. The Bertz CT molecular complexity index is 1200. The van der Waals surface area contributed by atoms with Crippen LogP contribution in [-0.4, -0.2) is 15.0 Å². The second-order valence-corrected chi connectivity index (χ2v) is 6.44. The SMILES string of the molecule is Nc1ccc2cccc(Oc3cc(-c4ccc(C(F)(F)F)cc4)nc(Cl)n3)c2n1. The Kier molecular flexibility index (Phi) is 4.71. The van der Waals surface area contributed by atoms with E-state index >= 15 is 0 Å². The zero-order valence-corrected chi connectivity index (χ0v) is 15.4. The van der Waals surface area contributed by atoms with Gasteiger partial charge in [0.05, 0.1) is 11.3 Å². The number of halogens is 4. The van der Waals surface area contributed by atoms with Crippen LogP contribution in [0.5, 0.6) is 11.6 Å². The fraction of sp³-hybridized carbons (Fsp3) is 0.0500. The van der Waals surface area contributed by atoms with Gasteiger partial charge in [0.15, 0.2) is 5.75 Å². The highest BCUT2D eigenvalue weighted by Gasteiger charge is 2.30. The average molecular weight is 417 g/mol. The second kappa shape index (κ2) is 7.21. The fourth-order valence-electron chi connectivity index (χ4n) is 2.76. The monoisotopic (exact) mass is 416 g/mol. The first-order chi connectivity index (χ1) is 13.8. The van der Waals surface area contributed by atoms with Crippen LogP contribution >= 0.6 is 11.6 Å². The molecule has 0 amide bonds. The smallest absolute Gasteiger partial charge is 0.416 e. The number of nitrogens with zero attached hydrogens (tertiary/aromatic N) is 3. The van der Waals surface area contributed by atoms with E-state index in [1.165, 1.54) is 18.2 Å². The molecule has 2 aromatic carbocycles. The van der Waals surface area contributed by atoms with Crippen molar-refractivity contribution in [2.45, 2.75) is 6.18 Å². The minimum absolute atomic E-state index is 0.106. The number of benzene rings is 2. The molecule has 146 valence electrons. The van der Waals surface area contributed by atoms with Gasteiger partial charge >= 0.3 is 6.18 Å². The molecule has 5 nitrogen and oxygen atoms in total. The maximum atomic E-state index is 12.8. The van der Waals surface area contributed by atoms with Crippen LogP contribution in [0.1, 0.15) is 5.56 Å². The van der Waals surface area contributed by atoms with Crippen LogP contribution in [0.2, 0.25) is 5.28 Å². The highest BCUT2D eigenvalue weighted by atomic mass is 35.5. The van der Waals surface area contributed by atoms with Gasteiger partial charge in [0.25, 0.3) is 0 Å². The molecule has 0 aliphatic carbocycles. The number of hydrogen-bond donors (Lipinski definition) is 1. The Morgan fingerprint density at radius 3 is 2.38 bits per heavy atom. The number of anilines is 1. The molecule has 4 rings (SSSR count).